The Hall–Kier alpha value is -1.09. The Kier molecular flexibility index (Phi) is 3.89. The van der Waals surface area contributed by atoms with E-state index >= 15 is 0 Å². The second kappa shape index (κ2) is 4.96. The molecule has 0 radical (unpaired) electrons. The van der Waals surface area contributed by atoms with Gasteiger partial charge in [-0.25, -0.2) is 4.98 Å². The molecular formula is C11H18N2O. The van der Waals surface area contributed by atoms with E-state index in [4.69, 9.17) is 10.5 Å². The van der Waals surface area contributed by atoms with Gasteiger partial charge in [0.05, 0.1) is 6.61 Å². The highest BCUT2D eigenvalue weighted by Gasteiger charge is 2.08. The van der Waals surface area contributed by atoms with E-state index in [0.717, 1.165) is 17.7 Å². The van der Waals surface area contributed by atoms with Gasteiger partial charge in [-0.05, 0) is 25.8 Å². The van der Waals surface area contributed by atoms with E-state index in [1.54, 1.807) is 0 Å². The van der Waals surface area contributed by atoms with Crippen LogP contribution in [-0.4, -0.2) is 11.6 Å². The monoisotopic (exact) mass is 194 g/mol. The molecule has 1 aromatic rings. The molecule has 0 aliphatic heterocycles. The summed E-state index contributed by atoms with van der Waals surface area (Å²) in [5.74, 6) is 0.678. The summed E-state index contributed by atoms with van der Waals surface area (Å²) >= 11 is 0. The van der Waals surface area contributed by atoms with Gasteiger partial charge in [0.2, 0.25) is 5.88 Å². The van der Waals surface area contributed by atoms with E-state index in [1.165, 1.54) is 0 Å². The molecule has 3 nitrogen and oxygen atoms in total. The maximum Gasteiger partial charge on any atom is 0.213 e. The molecule has 0 spiro atoms. The second-order valence-electron chi connectivity index (χ2n) is 3.27. The van der Waals surface area contributed by atoms with E-state index in [0.29, 0.717) is 12.5 Å². The molecule has 0 saturated carbocycles. The lowest BCUT2D eigenvalue weighted by Crippen LogP contribution is -2.11. The molecule has 0 bridgehead atoms. The van der Waals surface area contributed by atoms with Gasteiger partial charge in [0.15, 0.2) is 0 Å². The Bertz CT molecular complexity index is 299. The van der Waals surface area contributed by atoms with Crippen LogP contribution in [-0.2, 0) is 0 Å². The van der Waals surface area contributed by atoms with Crippen LogP contribution in [0.4, 0.5) is 0 Å². The smallest absolute Gasteiger partial charge is 0.213 e. The number of rotatable bonds is 4. The van der Waals surface area contributed by atoms with Crippen molar-refractivity contribution < 1.29 is 4.74 Å². The quantitative estimate of drug-likeness (QED) is 0.799. The third-order valence-corrected chi connectivity index (χ3v) is 2.23. The van der Waals surface area contributed by atoms with Crippen LogP contribution in [0.1, 0.15) is 37.6 Å². The normalized spacial score (nSPS) is 12.6. The Labute approximate surface area is 85.3 Å². The summed E-state index contributed by atoms with van der Waals surface area (Å²) in [6.45, 7) is 6.63. The Morgan fingerprint density at radius 2 is 2.14 bits per heavy atom. The molecule has 1 aromatic heterocycles. The number of aryl methyl sites for hydroxylation is 1. The first-order valence-corrected chi connectivity index (χ1v) is 5.05. The predicted octanol–water partition coefficient (Wildman–Crippen LogP) is 2.20. The van der Waals surface area contributed by atoms with Crippen molar-refractivity contribution in [3.8, 4) is 5.88 Å². The molecule has 0 saturated heterocycles. The zero-order valence-corrected chi connectivity index (χ0v) is 9.08. The van der Waals surface area contributed by atoms with Crippen LogP contribution in [0.5, 0.6) is 5.88 Å². The largest absolute Gasteiger partial charge is 0.478 e. The highest BCUT2D eigenvalue weighted by Crippen LogP contribution is 2.19. The molecular weight excluding hydrogens is 176 g/mol. The van der Waals surface area contributed by atoms with Crippen molar-refractivity contribution in [3.05, 3.63) is 23.4 Å². The van der Waals surface area contributed by atoms with Crippen molar-refractivity contribution >= 4 is 0 Å². The maximum absolute atomic E-state index is 5.94. The summed E-state index contributed by atoms with van der Waals surface area (Å²) in [6.07, 6.45) is 0.927. The topological polar surface area (TPSA) is 48.1 Å². The zero-order chi connectivity index (χ0) is 10.6. The third kappa shape index (κ3) is 2.45. The van der Waals surface area contributed by atoms with Crippen molar-refractivity contribution in [2.45, 2.75) is 33.2 Å². The summed E-state index contributed by atoms with van der Waals surface area (Å²) in [5, 5.41) is 0. The fraction of sp³-hybridized carbons (Fsp3) is 0.545. The fourth-order valence-corrected chi connectivity index (χ4v) is 1.39. The molecule has 0 fully saturated rings. The molecule has 78 valence electrons. The summed E-state index contributed by atoms with van der Waals surface area (Å²) in [6, 6.07) is 3.96. The average Bonchev–Trinajstić information content (AvgIpc) is 2.17. The Balaban J connectivity index is 2.89. The van der Waals surface area contributed by atoms with Crippen LogP contribution >= 0.6 is 0 Å². The van der Waals surface area contributed by atoms with Gasteiger partial charge in [-0.15, -0.1) is 0 Å². The van der Waals surface area contributed by atoms with Crippen LogP contribution in [0.25, 0.3) is 0 Å². The number of ether oxygens (including phenoxy) is 1. The minimum absolute atomic E-state index is 0.0816. The Morgan fingerprint density at radius 3 is 2.64 bits per heavy atom. The lowest BCUT2D eigenvalue weighted by atomic mass is 10.0. The molecule has 0 amide bonds. The SMILES string of the molecule is CCOc1ccc([C@H](N)CC)c(C)n1. The van der Waals surface area contributed by atoms with Crippen LogP contribution < -0.4 is 10.5 Å². The van der Waals surface area contributed by atoms with E-state index in [-0.39, 0.29) is 6.04 Å². The molecule has 1 rings (SSSR count). The van der Waals surface area contributed by atoms with Gasteiger partial charge in [0.25, 0.3) is 0 Å². The second-order valence-corrected chi connectivity index (χ2v) is 3.27. The summed E-state index contributed by atoms with van der Waals surface area (Å²) in [7, 11) is 0. The molecule has 1 heterocycles. The molecule has 1 atom stereocenters. The number of hydrogen-bond donors (Lipinski definition) is 1. The number of aromatic nitrogens is 1. The van der Waals surface area contributed by atoms with Gasteiger partial charge in [0, 0.05) is 17.8 Å². The first kappa shape index (κ1) is 11.0. The highest BCUT2D eigenvalue weighted by atomic mass is 16.5. The van der Waals surface area contributed by atoms with Crippen molar-refractivity contribution in [3.63, 3.8) is 0 Å². The van der Waals surface area contributed by atoms with Gasteiger partial charge in [0.1, 0.15) is 0 Å². The molecule has 14 heavy (non-hydrogen) atoms. The average molecular weight is 194 g/mol. The van der Waals surface area contributed by atoms with Crippen molar-refractivity contribution in [1.82, 2.24) is 4.98 Å². The first-order valence-electron chi connectivity index (χ1n) is 5.05. The molecule has 3 heteroatoms. The fourth-order valence-electron chi connectivity index (χ4n) is 1.39. The van der Waals surface area contributed by atoms with E-state index < -0.39 is 0 Å². The predicted molar refractivity (Wildman–Crippen MR) is 57.4 cm³/mol. The van der Waals surface area contributed by atoms with Crippen molar-refractivity contribution in [2.24, 2.45) is 5.73 Å². The molecule has 0 aromatic carbocycles. The van der Waals surface area contributed by atoms with Gasteiger partial charge in [-0.3, -0.25) is 0 Å². The number of pyridine rings is 1. The summed E-state index contributed by atoms with van der Waals surface area (Å²) < 4.78 is 5.30. The van der Waals surface area contributed by atoms with E-state index in [9.17, 15) is 0 Å². The number of nitrogens with zero attached hydrogens (tertiary/aromatic N) is 1. The first-order chi connectivity index (χ1) is 6.69. The maximum atomic E-state index is 5.94. The summed E-state index contributed by atoms with van der Waals surface area (Å²) in [5.41, 5.74) is 8.01. The number of nitrogens with two attached hydrogens (primary N) is 1. The molecule has 2 N–H and O–H groups in total. The Morgan fingerprint density at radius 1 is 1.43 bits per heavy atom. The number of hydrogen-bond acceptors (Lipinski definition) is 3. The van der Waals surface area contributed by atoms with E-state index in [1.807, 2.05) is 26.0 Å². The minimum atomic E-state index is 0.0816. The molecule has 0 aliphatic rings. The molecule has 0 unspecified atom stereocenters. The van der Waals surface area contributed by atoms with Crippen LogP contribution in [0, 0.1) is 6.92 Å². The van der Waals surface area contributed by atoms with Crippen molar-refractivity contribution in [1.29, 1.82) is 0 Å². The van der Waals surface area contributed by atoms with Gasteiger partial charge in [-0.1, -0.05) is 13.0 Å². The van der Waals surface area contributed by atoms with Gasteiger partial charge in [-0.2, -0.15) is 0 Å². The standard InChI is InChI=1S/C11H18N2O/c1-4-10(12)9-6-7-11(14-5-2)13-8(9)3/h6-7,10H,4-5,12H2,1-3H3/t10-/m1/s1. The third-order valence-electron chi connectivity index (χ3n) is 2.23. The summed E-state index contributed by atoms with van der Waals surface area (Å²) in [4.78, 5) is 4.33. The van der Waals surface area contributed by atoms with Crippen LogP contribution in [0.3, 0.4) is 0 Å². The van der Waals surface area contributed by atoms with Crippen molar-refractivity contribution in [2.75, 3.05) is 6.61 Å². The lowest BCUT2D eigenvalue weighted by Gasteiger charge is -2.12. The highest BCUT2D eigenvalue weighted by molar-refractivity contribution is 5.27. The van der Waals surface area contributed by atoms with Gasteiger partial charge < -0.3 is 10.5 Å². The van der Waals surface area contributed by atoms with Gasteiger partial charge >= 0.3 is 0 Å². The molecule has 0 aliphatic carbocycles. The van der Waals surface area contributed by atoms with Crippen LogP contribution in [0.15, 0.2) is 12.1 Å². The van der Waals surface area contributed by atoms with E-state index in [2.05, 4.69) is 11.9 Å². The minimum Gasteiger partial charge on any atom is -0.478 e. The van der Waals surface area contributed by atoms with Crippen LogP contribution in [0.2, 0.25) is 0 Å². The zero-order valence-electron chi connectivity index (χ0n) is 9.08. The lowest BCUT2D eigenvalue weighted by molar-refractivity contribution is 0.326.